The van der Waals surface area contributed by atoms with Gasteiger partial charge in [-0.1, -0.05) is 5.16 Å². The third-order valence-electron chi connectivity index (χ3n) is 1.89. The molecule has 1 radical (unpaired) electrons. The van der Waals surface area contributed by atoms with Gasteiger partial charge in [0.1, 0.15) is 17.1 Å². The number of benzene rings is 1. The highest BCUT2D eigenvalue weighted by Gasteiger charge is 2.15. The topological polar surface area (TPSA) is 69.1 Å². The number of hydrogen-bond acceptors (Lipinski definition) is 3. The molecule has 1 aromatic heterocycles. The van der Waals surface area contributed by atoms with Crippen molar-refractivity contribution in [1.82, 2.24) is 5.16 Å². The molecule has 0 spiro atoms. The average Bonchev–Trinajstić information content (AvgIpc) is 2.67. The average molecular weight is 205 g/mol. The molecule has 4 nitrogen and oxygen atoms in total. The Hall–Kier alpha value is -2.17. The molecule has 5 heteroatoms. The van der Waals surface area contributed by atoms with Crippen LogP contribution in [-0.2, 0) is 0 Å². The number of amides is 1. The maximum absolute atomic E-state index is 12.6. The Morgan fingerprint density at radius 2 is 2.07 bits per heavy atom. The maximum atomic E-state index is 12.6. The Balaban J connectivity index is 2.49. The lowest BCUT2D eigenvalue weighted by atomic mass is 10.1. The molecule has 0 aliphatic heterocycles. The zero-order valence-electron chi connectivity index (χ0n) is 7.53. The van der Waals surface area contributed by atoms with E-state index in [1.165, 1.54) is 24.3 Å². The molecular formula is C10H6FN2O2. The lowest BCUT2D eigenvalue weighted by molar-refractivity contribution is 0.1000. The Labute approximate surface area is 84.5 Å². The highest BCUT2D eigenvalue weighted by molar-refractivity contribution is 5.98. The van der Waals surface area contributed by atoms with Crippen LogP contribution in [0.25, 0.3) is 11.3 Å². The first kappa shape index (κ1) is 9.39. The van der Waals surface area contributed by atoms with Crippen LogP contribution < -0.4 is 5.73 Å². The zero-order valence-corrected chi connectivity index (χ0v) is 7.53. The second-order valence-corrected chi connectivity index (χ2v) is 2.88. The minimum absolute atomic E-state index is 0.0570. The van der Waals surface area contributed by atoms with E-state index in [4.69, 9.17) is 5.73 Å². The lowest BCUT2D eigenvalue weighted by Crippen LogP contribution is -2.11. The van der Waals surface area contributed by atoms with E-state index < -0.39 is 5.91 Å². The fourth-order valence-electron chi connectivity index (χ4n) is 1.18. The van der Waals surface area contributed by atoms with Crippen molar-refractivity contribution >= 4 is 5.91 Å². The van der Waals surface area contributed by atoms with E-state index >= 15 is 0 Å². The molecule has 0 aliphatic carbocycles. The SMILES string of the molecule is NC(=O)c1[c]onc1-c1ccc(F)cc1. The monoisotopic (exact) mass is 205 g/mol. The van der Waals surface area contributed by atoms with E-state index in [0.717, 1.165) is 0 Å². The summed E-state index contributed by atoms with van der Waals surface area (Å²) in [7, 11) is 0. The number of halogens is 1. The summed E-state index contributed by atoms with van der Waals surface area (Å²) in [6.45, 7) is 0. The van der Waals surface area contributed by atoms with E-state index in [1.807, 2.05) is 0 Å². The number of carbonyl (C=O) groups excluding carboxylic acids is 1. The van der Waals surface area contributed by atoms with Crippen molar-refractivity contribution in [3.8, 4) is 11.3 Å². The smallest absolute Gasteiger partial charge is 0.255 e. The third-order valence-corrected chi connectivity index (χ3v) is 1.89. The molecule has 1 amide bonds. The molecule has 0 atom stereocenters. The molecule has 1 aromatic carbocycles. The van der Waals surface area contributed by atoms with Crippen LogP contribution in [0.15, 0.2) is 28.8 Å². The highest BCUT2D eigenvalue weighted by Crippen LogP contribution is 2.21. The quantitative estimate of drug-likeness (QED) is 0.805. The second kappa shape index (κ2) is 3.53. The predicted molar refractivity (Wildman–Crippen MR) is 49.3 cm³/mol. The van der Waals surface area contributed by atoms with Crippen LogP contribution in [0, 0.1) is 12.1 Å². The van der Waals surface area contributed by atoms with Crippen molar-refractivity contribution in [2.24, 2.45) is 5.73 Å². The van der Waals surface area contributed by atoms with Crippen LogP contribution >= 0.6 is 0 Å². The largest absolute Gasteiger partial charge is 0.365 e. The van der Waals surface area contributed by atoms with Crippen molar-refractivity contribution in [2.75, 3.05) is 0 Å². The van der Waals surface area contributed by atoms with Gasteiger partial charge in [0.2, 0.25) is 6.26 Å². The predicted octanol–water partition coefficient (Wildman–Crippen LogP) is 1.38. The Morgan fingerprint density at radius 3 is 2.67 bits per heavy atom. The summed E-state index contributed by atoms with van der Waals surface area (Å²) in [5, 5.41) is 3.58. The molecule has 2 aromatic rings. The first-order valence-electron chi connectivity index (χ1n) is 4.11. The van der Waals surface area contributed by atoms with Gasteiger partial charge in [0.25, 0.3) is 5.91 Å². The minimum atomic E-state index is -0.685. The van der Waals surface area contributed by atoms with Crippen LogP contribution in [0.4, 0.5) is 4.39 Å². The van der Waals surface area contributed by atoms with Crippen LogP contribution in [0.3, 0.4) is 0 Å². The fourth-order valence-corrected chi connectivity index (χ4v) is 1.18. The van der Waals surface area contributed by atoms with Gasteiger partial charge in [-0.25, -0.2) is 4.39 Å². The van der Waals surface area contributed by atoms with Crippen molar-refractivity contribution in [3.05, 3.63) is 41.9 Å². The summed E-state index contributed by atoms with van der Waals surface area (Å²) in [5.41, 5.74) is 5.96. The molecule has 0 unspecified atom stereocenters. The Bertz CT molecular complexity index is 490. The fraction of sp³-hybridized carbons (Fsp3) is 0. The van der Waals surface area contributed by atoms with Crippen molar-refractivity contribution in [3.63, 3.8) is 0 Å². The molecule has 0 saturated carbocycles. The van der Waals surface area contributed by atoms with E-state index in [-0.39, 0.29) is 17.1 Å². The molecule has 2 rings (SSSR count). The van der Waals surface area contributed by atoms with Crippen LogP contribution in [0.5, 0.6) is 0 Å². The highest BCUT2D eigenvalue weighted by atomic mass is 19.1. The zero-order chi connectivity index (χ0) is 10.8. The van der Waals surface area contributed by atoms with Crippen molar-refractivity contribution < 1.29 is 13.7 Å². The molecule has 0 bridgehead atoms. The number of aromatic nitrogens is 1. The van der Waals surface area contributed by atoms with Crippen LogP contribution in [-0.4, -0.2) is 11.1 Å². The van der Waals surface area contributed by atoms with Gasteiger partial charge in [-0.15, -0.1) is 0 Å². The molecule has 0 saturated heterocycles. The van der Waals surface area contributed by atoms with Gasteiger partial charge in [-0.2, -0.15) is 0 Å². The number of hydrogen-bond donors (Lipinski definition) is 1. The molecule has 15 heavy (non-hydrogen) atoms. The van der Waals surface area contributed by atoms with Gasteiger partial charge >= 0.3 is 0 Å². The summed E-state index contributed by atoms with van der Waals surface area (Å²) >= 11 is 0. The standard InChI is InChI=1S/C10H6FN2O2/c11-7-3-1-6(2-4-7)9-8(10(12)14)5-15-13-9/h1-4H,(H2,12,14). The van der Waals surface area contributed by atoms with Crippen LogP contribution in [0.2, 0.25) is 0 Å². The van der Waals surface area contributed by atoms with Gasteiger partial charge in [0.05, 0.1) is 0 Å². The van der Waals surface area contributed by atoms with Crippen LogP contribution in [0.1, 0.15) is 10.4 Å². The first-order chi connectivity index (χ1) is 7.18. The van der Waals surface area contributed by atoms with Crippen molar-refractivity contribution in [2.45, 2.75) is 0 Å². The lowest BCUT2D eigenvalue weighted by Gasteiger charge is -1.96. The summed E-state index contributed by atoms with van der Waals surface area (Å²) in [6.07, 6.45) is 2.26. The molecular weight excluding hydrogens is 199 g/mol. The molecule has 0 aliphatic rings. The van der Waals surface area contributed by atoms with Gasteiger partial charge in [0.15, 0.2) is 0 Å². The first-order valence-corrected chi connectivity index (χ1v) is 4.11. The molecule has 2 N–H and O–H groups in total. The minimum Gasteiger partial charge on any atom is -0.365 e. The third kappa shape index (κ3) is 1.71. The second-order valence-electron chi connectivity index (χ2n) is 2.88. The van der Waals surface area contributed by atoms with Gasteiger partial charge in [-0.05, 0) is 24.3 Å². The van der Waals surface area contributed by atoms with Gasteiger partial charge < -0.3 is 10.3 Å². The number of carbonyl (C=O) groups is 1. The number of rotatable bonds is 2. The summed E-state index contributed by atoms with van der Waals surface area (Å²) < 4.78 is 17.2. The van der Waals surface area contributed by atoms with Crippen molar-refractivity contribution in [1.29, 1.82) is 0 Å². The number of nitrogens with zero attached hydrogens (tertiary/aromatic N) is 1. The molecule has 1 heterocycles. The normalized spacial score (nSPS) is 10.2. The Kier molecular flexibility index (Phi) is 2.21. The van der Waals surface area contributed by atoms with E-state index in [0.29, 0.717) is 5.56 Å². The van der Waals surface area contributed by atoms with Gasteiger partial charge in [0, 0.05) is 5.56 Å². The van der Waals surface area contributed by atoms with E-state index in [1.54, 1.807) is 0 Å². The summed E-state index contributed by atoms with van der Waals surface area (Å²) in [5.74, 6) is -1.05. The summed E-state index contributed by atoms with van der Waals surface area (Å²) in [6, 6.07) is 5.48. The van der Waals surface area contributed by atoms with E-state index in [9.17, 15) is 9.18 Å². The molecule has 75 valence electrons. The summed E-state index contributed by atoms with van der Waals surface area (Å²) in [4.78, 5) is 10.9. The van der Waals surface area contributed by atoms with E-state index in [2.05, 4.69) is 15.9 Å². The number of primary amides is 1. The Morgan fingerprint density at radius 1 is 1.40 bits per heavy atom. The number of nitrogens with two attached hydrogens (primary N) is 1. The maximum Gasteiger partial charge on any atom is 0.255 e. The molecule has 0 fully saturated rings. The van der Waals surface area contributed by atoms with Gasteiger partial charge in [-0.3, -0.25) is 4.79 Å².